The molecule has 1 aromatic carbocycles. The zero-order valence-corrected chi connectivity index (χ0v) is 11.7. The summed E-state index contributed by atoms with van der Waals surface area (Å²) in [6, 6.07) is 7.17. The summed E-state index contributed by atoms with van der Waals surface area (Å²) in [7, 11) is 1.56. The van der Waals surface area contributed by atoms with E-state index in [1.165, 1.54) is 10.9 Å². The van der Waals surface area contributed by atoms with Gasteiger partial charge in [0, 0.05) is 18.9 Å². The highest BCUT2D eigenvalue weighted by Gasteiger charge is 2.07. The lowest BCUT2D eigenvalue weighted by atomic mass is 10.1. The van der Waals surface area contributed by atoms with Gasteiger partial charge in [0.05, 0.1) is 18.3 Å². The number of anilines is 2. The number of rotatable bonds is 5. The van der Waals surface area contributed by atoms with E-state index in [2.05, 4.69) is 15.7 Å². The molecule has 0 atom stereocenters. The summed E-state index contributed by atoms with van der Waals surface area (Å²) in [5.41, 5.74) is 7.68. The topological polar surface area (TPSA) is 102 Å². The molecule has 0 unspecified atom stereocenters. The monoisotopic (exact) mass is 287 g/mol. The molecule has 0 radical (unpaired) electrons. The minimum atomic E-state index is -0.167. The first-order chi connectivity index (χ1) is 10.1. The second-order valence-electron chi connectivity index (χ2n) is 4.57. The van der Waals surface area contributed by atoms with Crippen LogP contribution in [0.5, 0.6) is 0 Å². The number of nitrogen functional groups attached to an aromatic ring is 1. The molecule has 2 rings (SSSR count). The standard InChI is InChI=1S/C14H17N5O2/c1-16-14(21)9-19-8-12(7-17-19)18-13(20)6-10-3-2-4-11(15)5-10/h2-5,7-8H,6,9,15H2,1H3,(H,16,21)(H,18,20). The van der Waals surface area contributed by atoms with Crippen LogP contribution in [0.15, 0.2) is 36.7 Å². The molecule has 0 fully saturated rings. The maximum atomic E-state index is 11.9. The Morgan fingerprint density at radius 1 is 1.33 bits per heavy atom. The quantitative estimate of drug-likeness (QED) is 0.692. The highest BCUT2D eigenvalue weighted by Crippen LogP contribution is 2.09. The first kappa shape index (κ1) is 14.6. The van der Waals surface area contributed by atoms with E-state index in [0.717, 1.165) is 5.56 Å². The third-order valence-corrected chi connectivity index (χ3v) is 2.82. The SMILES string of the molecule is CNC(=O)Cn1cc(NC(=O)Cc2cccc(N)c2)cn1. The van der Waals surface area contributed by atoms with Crippen LogP contribution in [-0.2, 0) is 22.6 Å². The van der Waals surface area contributed by atoms with Crippen molar-refractivity contribution < 1.29 is 9.59 Å². The number of carbonyl (C=O) groups excluding carboxylic acids is 2. The summed E-state index contributed by atoms with van der Waals surface area (Å²) in [5.74, 6) is -0.323. The summed E-state index contributed by atoms with van der Waals surface area (Å²) in [4.78, 5) is 23.1. The number of nitrogens with one attached hydrogen (secondary N) is 2. The number of carbonyl (C=O) groups is 2. The van der Waals surface area contributed by atoms with Crippen molar-refractivity contribution >= 4 is 23.2 Å². The molecule has 1 heterocycles. The predicted molar refractivity (Wildman–Crippen MR) is 79.5 cm³/mol. The van der Waals surface area contributed by atoms with Crippen molar-refractivity contribution in [3.8, 4) is 0 Å². The number of hydrogen-bond donors (Lipinski definition) is 3. The van der Waals surface area contributed by atoms with Crippen molar-refractivity contribution in [3.05, 3.63) is 42.2 Å². The summed E-state index contributed by atoms with van der Waals surface area (Å²) >= 11 is 0. The molecule has 0 spiro atoms. The Bertz CT molecular complexity index is 650. The molecule has 4 N–H and O–H groups in total. The number of benzene rings is 1. The van der Waals surface area contributed by atoms with E-state index in [0.29, 0.717) is 11.4 Å². The fraction of sp³-hybridized carbons (Fsp3) is 0.214. The first-order valence-corrected chi connectivity index (χ1v) is 6.44. The molecule has 0 aliphatic carbocycles. The molecule has 0 saturated carbocycles. The van der Waals surface area contributed by atoms with E-state index in [1.807, 2.05) is 6.07 Å². The average molecular weight is 287 g/mol. The van der Waals surface area contributed by atoms with Gasteiger partial charge >= 0.3 is 0 Å². The smallest absolute Gasteiger partial charge is 0.241 e. The normalized spacial score (nSPS) is 10.1. The Balaban J connectivity index is 1.92. The van der Waals surface area contributed by atoms with Crippen LogP contribution in [0, 0.1) is 0 Å². The zero-order valence-electron chi connectivity index (χ0n) is 11.7. The molecule has 0 aliphatic heterocycles. The van der Waals surface area contributed by atoms with Gasteiger partial charge in [-0.05, 0) is 17.7 Å². The third-order valence-electron chi connectivity index (χ3n) is 2.82. The summed E-state index contributed by atoms with van der Waals surface area (Å²) in [5, 5.41) is 9.23. The molecule has 2 amide bonds. The van der Waals surface area contributed by atoms with Crippen molar-refractivity contribution in [2.24, 2.45) is 0 Å². The fourth-order valence-corrected chi connectivity index (χ4v) is 1.83. The molecule has 0 aliphatic rings. The molecule has 7 nitrogen and oxygen atoms in total. The van der Waals surface area contributed by atoms with Crippen LogP contribution in [0.1, 0.15) is 5.56 Å². The Labute approximate surface area is 122 Å². The second kappa shape index (κ2) is 6.56. The lowest BCUT2D eigenvalue weighted by Crippen LogP contribution is -2.23. The van der Waals surface area contributed by atoms with Crippen molar-refractivity contribution in [3.63, 3.8) is 0 Å². The number of hydrogen-bond acceptors (Lipinski definition) is 4. The Morgan fingerprint density at radius 3 is 2.86 bits per heavy atom. The van der Waals surface area contributed by atoms with E-state index in [-0.39, 0.29) is 24.8 Å². The fourth-order valence-electron chi connectivity index (χ4n) is 1.83. The number of nitrogens with two attached hydrogens (primary N) is 1. The van der Waals surface area contributed by atoms with Gasteiger partial charge in [-0.2, -0.15) is 5.10 Å². The van der Waals surface area contributed by atoms with Gasteiger partial charge in [-0.25, -0.2) is 0 Å². The predicted octanol–water partition coefficient (Wildman–Crippen LogP) is 0.392. The molecule has 110 valence electrons. The molecule has 0 saturated heterocycles. The number of aromatic nitrogens is 2. The minimum Gasteiger partial charge on any atom is -0.399 e. The van der Waals surface area contributed by atoms with Crippen LogP contribution in [0.2, 0.25) is 0 Å². The molecule has 21 heavy (non-hydrogen) atoms. The van der Waals surface area contributed by atoms with Crippen LogP contribution in [0.25, 0.3) is 0 Å². The Morgan fingerprint density at radius 2 is 2.14 bits per heavy atom. The summed E-state index contributed by atoms with van der Waals surface area (Å²) in [6.45, 7) is 0.113. The van der Waals surface area contributed by atoms with Crippen LogP contribution < -0.4 is 16.4 Å². The highest BCUT2D eigenvalue weighted by molar-refractivity contribution is 5.92. The van der Waals surface area contributed by atoms with Gasteiger partial charge in [0.15, 0.2) is 0 Å². The van der Waals surface area contributed by atoms with Gasteiger partial charge in [-0.3, -0.25) is 14.3 Å². The lowest BCUT2D eigenvalue weighted by molar-refractivity contribution is -0.121. The maximum Gasteiger partial charge on any atom is 0.241 e. The van der Waals surface area contributed by atoms with Crippen molar-refractivity contribution in [2.45, 2.75) is 13.0 Å². The number of amides is 2. The molecular formula is C14H17N5O2. The number of likely N-dealkylation sites (N-methyl/N-ethyl adjacent to an activating group) is 1. The van der Waals surface area contributed by atoms with Crippen molar-refractivity contribution in [2.75, 3.05) is 18.1 Å². The van der Waals surface area contributed by atoms with Gasteiger partial charge in [-0.15, -0.1) is 0 Å². The number of nitrogens with zero attached hydrogens (tertiary/aromatic N) is 2. The van der Waals surface area contributed by atoms with Gasteiger partial charge in [0.2, 0.25) is 11.8 Å². The maximum absolute atomic E-state index is 11.9. The van der Waals surface area contributed by atoms with E-state index >= 15 is 0 Å². The molecule has 2 aromatic rings. The molecule has 7 heteroatoms. The van der Waals surface area contributed by atoms with Crippen molar-refractivity contribution in [1.82, 2.24) is 15.1 Å². The van der Waals surface area contributed by atoms with Gasteiger partial charge in [0.25, 0.3) is 0 Å². The van der Waals surface area contributed by atoms with Gasteiger partial charge in [-0.1, -0.05) is 12.1 Å². The van der Waals surface area contributed by atoms with E-state index < -0.39 is 0 Å². The van der Waals surface area contributed by atoms with Crippen LogP contribution in [-0.4, -0.2) is 28.6 Å². The van der Waals surface area contributed by atoms with E-state index in [1.54, 1.807) is 31.4 Å². The largest absolute Gasteiger partial charge is 0.399 e. The Hall–Kier alpha value is -2.83. The molecular weight excluding hydrogens is 270 g/mol. The lowest BCUT2D eigenvalue weighted by Gasteiger charge is -2.03. The van der Waals surface area contributed by atoms with E-state index in [9.17, 15) is 9.59 Å². The summed E-state index contributed by atoms with van der Waals surface area (Å²) < 4.78 is 1.45. The van der Waals surface area contributed by atoms with Crippen LogP contribution in [0.4, 0.5) is 11.4 Å². The highest BCUT2D eigenvalue weighted by atomic mass is 16.2. The third kappa shape index (κ3) is 4.34. The van der Waals surface area contributed by atoms with Crippen LogP contribution in [0.3, 0.4) is 0 Å². The van der Waals surface area contributed by atoms with Crippen LogP contribution >= 0.6 is 0 Å². The van der Waals surface area contributed by atoms with E-state index in [4.69, 9.17) is 5.73 Å². The molecule has 1 aromatic heterocycles. The second-order valence-corrected chi connectivity index (χ2v) is 4.57. The first-order valence-electron chi connectivity index (χ1n) is 6.44. The average Bonchev–Trinajstić information content (AvgIpc) is 2.85. The molecule has 0 bridgehead atoms. The van der Waals surface area contributed by atoms with Gasteiger partial charge in [0.1, 0.15) is 6.54 Å². The Kier molecular flexibility index (Phi) is 4.55. The minimum absolute atomic E-state index is 0.113. The zero-order chi connectivity index (χ0) is 15.2. The summed E-state index contributed by atoms with van der Waals surface area (Å²) in [6.07, 6.45) is 3.33. The van der Waals surface area contributed by atoms with Crippen molar-refractivity contribution in [1.29, 1.82) is 0 Å². The van der Waals surface area contributed by atoms with Gasteiger partial charge < -0.3 is 16.4 Å².